The minimum Gasteiger partial charge on any atom is -0.491 e. The van der Waals surface area contributed by atoms with E-state index in [4.69, 9.17) is 18.9 Å². The molecule has 0 spiro atoms. The predicted octanol–water partition coefficient (Wildman–Crippen LogP) is 5.77. The molecule has 0 amide bonds. The fourth-order valence-electron chi connectivity index (χ4n) is 2.21. The number of allylic oxidation sites excluding steroid dienone is 1. The summed E-state index contributed by atoms with van der Waals surface area (Å²) >= 11 is 0. The number of methoxy groups -OCH3 is 1. The van der Waals surface area contributed by atoms with Crippen LogP contribution in [-0.4, -0.2) is 27.1 Å². The molecule has 0 saturated heterocycles. The molecule has 0 saturated carbocycles. The Morgan fingerprint density at radius 2 is 1.26 bits per heavy atom. The first-order valence-corrected chi connectivity index (χ1v) is 9.40. The van der Waals surface area contributed by atoms with E-state index in [1.807, 2.05) is 0 Å². The molecule has 138 valence electrons. The fraction of sp³-hybridized carbons (Fsp3) is 0.895. The van der Waals surface area contributed by atoms with Crippen molar-refractivity contribution < 1.29 is 18.9 Å². The molecule has 23 heavy (non-hydrogen) atoms. The Kier molecular flexibility index (Phi) is 16.8. The summed E-state index contributed by atoms with van der Waals surface area (Å²) < 4.78 is 22.2. The summed E-state index contributed by atoms with van der Waals surface area (Å²) in [6, 6.07) is 0. The maximum atomic E-state index is 5.87. The van der Waals surface area contributed by atoms with Gasteiger partial charge in [-0.1, -0.05) is 59.3 Å². The summed E-state index contributed by atoms with van der Waals surface area (Å²) in [5.41, 5.74) is 0. The highest BCUT2D eigenvalue weighted by Crippen LogP contribution is 2.19. The van der Waals surface area contributed by atoms with Crippen molar-refractivity contribution in [2.24, 2.45) is 0 Å². The lowest BCUT2D eigenvalue weighted by Gasteiger charge is -2.17. The number of unbranched alkanes of at least 4 members (excludes halogenated alkanes) is 6. The van der Waals surface area contributed by atoms with E-state index in [-0.39, 0.29) is 6.79 Å². The molecule has 0 aromatic rings. The van der Waals surface area contributed by atoms with Crippen LogP contribution < -0.4 is 0 Å². The van der Waals surface area contributed by atoms with Crippen molar-refractivity contribution in [3.63, 3.8) is 0 Å². The Balaban J connectivity index is 4.37. The van der Waals surface area contributed by atoms with Gasteiger partial charge in [0, 0.05) is 13.5 Å². The van der Waals surface area contributed by atoms with Gasteiger partial charge in [-0.3, -0.25) is 0 Å². The zero-order valence-electron chi connectivity index (χ0n) is 15.8. The van der Waals surface area contributed by atoms with E-state index in [1.165, 1.54) is 38.5 Å². The summed E-state index contributed by atoms with van der Waals surface area (Å²) in [7, 11) is 1.61. The van der Waals surface area contributed by atoms with Gasteiger partial charge < -0.3 is 18.9 Å². The molecule has 0 aliphatic heterocycles. The molecule has 0 atom stereocenters. The van der Waals surface area contributed by atoms with E-state index in [0.717, 1.165) is 31.4 Å². The summed E-state index contributed by atoms with van der Waals surface area (Å²) in [6.45, 7) is 7.95. The van der Waals surface area contributed by atoms with E-state index in [2.05, 4.69) is 20.8 Å². The molecule has 0 heterocycles. The maximum absolute atomic E-state index is 5.87. The Hall–Kier alpha value is -0.900. The molecule has 4 nitrogen and oxygen atoms in total. The summed E-state index contributed by atoms with van der Waals surface area (Å²) in [6.07, 6.45) is 11.8. The first-order chi connectivity index (χ1) is 11.3. The molecule has 0 unspecified atom stereocenters. The molecule has 0 bridgehead atoms. The second kappa shape index (κ2) is 17.5. The molecule has 4 heteroatoms. The van der Waals surface area contributed by atoms with Gasteiger partial charge in [0.2, 0.25) is 0 Å². The van der Waals surface area contributed by atoms with Crippen LogP contribution in [-0.2, 0) is 18.9 Å². The summed E-state index contributed by atoms with van der Waals surface area (Å²) in [4.78, 5) is 0. The number of hydrogen-bond donors (Lipinski definition) is 0. The van der Waals surface area contributed by atoms with E-state index >= 15 is 0 Å². The average molecular weight is 331 g/mol. The van der Waals surface area contributed by atoms with Crippen LogP contribution in [0.4, 0.5) is 0 Å². The highest BCUT2D eigenvalue weighted by Gasteiger charge is 2.12. The molecule has 0 fully saturated rings. The fourth-order valence-corrected chi connectivity index (χ4v) is 2.21. The second-order valence-corrected chi connectivity index (χ2v) is 5.83. The van der Waals surface area contributed by atoms with Gasteiger partial charge in [0.15, 0.2) is 12.6 Å². The van der Waals surface area contributed by atoms with Crippen LogP contribution >= 0.6 is 0 Å². The maximum Gasteiger partial charge on any atom is 0.321 e. The third kappa shape index (κ3) is 13.3. The molecule has 0 aliphatic rings. The summed E-state index contributed by atoms with van der Waals surface area (Å²) in [5, 5.41) is 0. The van der Waals surface area contributed by atoms with Crippen molar-refractivity contribution in [1.82, 2.24) is 0 Å². The normalized spacial score (nSPS) is 12.0. The predicted molar refractivity (Wildman–Crippen MR) is 95.1 cm³/mol. The lowest BCUT2D eigenvalue weighted by molar-refractivity contribution is -0.0686. The van der Waals surface area contributed by atoms with Crippen LogP contribution in [0.3, 0.4) is 0 Å². The van der Waals surface area contributed by atoms with Gasteiger partial charge >= 0.3 is 5.95 Å². The highest BCUT2D eigenvalue weighted by atomic mass is 16.7. The standard InChI is InChI=1S/C19H38O4/c1-5-8-9-10-11-12-13-14-18(21-15-6-2)19(22-16-7-3)23-17-20-4/h5-17H2,1-4H3. The van der Waals surface area contributed by atoms with Crippen molar-refractivity contribution in [3.8, 4) is 0 Å². The van der Waals surface area contributed by atoms with Crippen molar-refractivity contribution >= 4 is 0 Å². The minimum atomic E-state index is 0.190. The van der Waals surface area contributed by atoms with Gasteiger partial charge in [-0.05, 0) is 19.3 Å². The van der Waals surface area contributed by atoms with E-state index in [1.54, 1.807) is 7.11 Å². The highest BCUT2D eigenvalue weighted by molar-refractivity contribution is 4.95. The van der Waals surface area contributed by atoms with Crippen LogP contribution in [0.5, 0.6) is 0 Å². The van der Waals surface area contributed by atoms with Gasteiger partial charge in [-0.15, -0.1) is 0 Å². The Bertz CT molecular complexity index is 267. The SMILES string of the molecule is CCCCCCCCCC(OCCC)=C(OCCC)OCOC. The third-order valence-corrected chi connectivity index (χ3v) is 3.46. The Labute approximate surface area is 143 Å². The third-order valence-electron chi connectivity index (χ3n) is 3.46. The van der Waals surface area contributed by atoms with E-state index in [0.29, 0.717) is 19.2 Å². The van der Waals surface area contributed by atoms with Crippen LogP contribution in [0, 0.1) is 0 Å². The first-order valence-electron chi connectivity index (χ1n) is 9.40. The average Bonchev–Trinajstić information content (AvgIpc) is 2.57. The Morgan fingerprint density at radius 1 is 0.652 bits per heavy atom. The van der Waals surface area contributed by atoms with Crippen LogP contribution in [0.2, 0.25) is 0 Å². The minimum absolute atomic E-state index is 0.190. The van der Waals surface area contributed by atoms with Crippen molar-refractivity contribution in [3.05, 3.63) is 11.7 Å². The molecular formula is C19H38O4. The molecular weight excluding hydrogens is 292 g/mol. The van der Waals surface area contributed by atoms with Gasteiger partial charge in [0.25, 0.3) is 0 Å². The van der Waals surface area contributed by atoms with Crippen LogP contribution in [0.15, 0.2) is 11.7 Å². The molecule has 0 radical (unpaired) electrons. The number of rotatable bonds is 17. The van der Waals surface area contributed by atoms with Gasteiger partial charge in [0.1, 0.15) is 0 Å². The molecule has 0 aliphatic carbocycles. The van der Waals surface area contributed by atoms with Crippen molar-refractivity contribution in [2.75, 3.05) is 27.1 Å². The van der Waals surface area contributed by atoms with E-state index in [9.17, 15) is 0 Å². The van der Waals surface area contributed by atoms with Gasteiger partial charge in [-0.2, -0.15) is 0 Å². The quantitative estimate of drug-likeness (QED) is 0.193. The number of hydrogen-bond acceptors (Lipinski definition) is 4. The molecule has 0 rings (SSSR count). The van der Waals surface area contributed by atoms with Gasteiger partial charge in [0.05, 0.1) is 13.2 Å². The van der Waals surface area contributed by atoms with Crippen molar-refractivity contribution in [2.45, 2.75) is 85.0 Å². The molecule has 0 aromatic carbocycles. The second-order valence-electron chi connectivity index (χ2n) is 5.83. The van der Waals surface area contributed by atoms with Crippen molar-refractivity contribution in [1.29, 1.82) is 0 Å². The van der Waals surface area contributed by atoms with Crippen LogP contribution in [0.25, 0.3) is 0 Å². The smallest absolute Gasteiger partial charge is 0.321 e. The monoisotopic (exact) mass is 330 g/mol. The topological polar surface area (TPSA) is 36.9 Å². The number of ether oxygens (including phenoxy) is 4. The molecule has 0 aromatic heterocycles. The first kappa shape index (κ1) is 22.1. The van der Waals surface area contributed by atoms with Gasteiger partial charge in [-0.25, -0.2) is 0 Å². The lowest BCUT2D eigenvalue weighted by Crippen LogP contribution is -2.08. The zero-order chi connectivity index (χ0) is 17.2. The van der Waals surface area contributed by atoms with Crippen LogP contribution in [0.1, 0.15) is 85.0 Å². The lowest BCUT2D eigenvalue weighted by atomic mass is 10.1. The molecule has 0 N–H and O–H groups in total. The van der Waals surface area contributed by atoms with E-state index < -0.39 is 0 Å². The largest absolute Gasteiger partial charge is 0.491 e. The Morgan fingerprint density at radius 3 is 1.87 bits per heavy atom. The zero-order valence-corrected chi connectivity index (χ0v) is 15.8. The summed E-state index contributed by atoms with van der Waals surface area (Å²) in [5.74, 6) is 1.35.